The summed E-state index contributed by atoms with van der Waals surface area (Å²) < 4.78 is 10.5. The molecule has 0 spiro atoms. The molecule has 1 aromatic rings. The largest absolute Gasteiger partial charge is 0.482 e. The van der Waals surface area contributed by atoms with Crippen LogP contribution < -0.4 is 9.64 Å². The average molecular weight is 376 g/mol. The van der Waals surface area contributed by atoms with Gasteiger partial charge in [0.15, 0.2) is 6.61 Å². The summed E-state index contributed by atoms with van der Waals surface area (Å²) in [5, 5.41) is 9.61. The van der Waals surface area contributed by atoms with Crippen molar-refractivity contribution in [3.63, 3.8) is 0 Å². The van der Waals surface area contributed by atoms with Crippen LogP contribution in [0.5, 0.6) is 5.75 Å². The van der Waals surface area contributed by atoms with Crippen molar-refractivity contribution in [3.05, 3.63) is 24.3 Å². The van der Waals surface area contributed by atoms with Gasteiger partial charge >= 0.3 is 5.97 Å². The predicted octanol–water partition coefficient (Wildman–Crippen LogP) is 1.14. The first-order valence-corrected chi connectivity index (χ1v) is 8.99. The quantitative estimate of drug-likeness (QED) is 0.800. The Morgan fingerprint density at radius 3 is 2.85 bits per heavy atom. The van der Waals surface area contributed by atoms with Crippen LogP contribution in [0, 0.1) is 5.41 Å². The number of rotatable bonds is 6. The second-order valence-electron chi connectivity index (χ2n) is 6.99. The van der Waals surface area contributed by atoms with Gasteiger partial charge in [-0.3, -0.25) is 14.4 Å². The Balaban J connectivity index is 1.66. The molecule has 2 amide bonds. The van der Waals surface area contributed by atoms with Gasteiger partial charge in [-0.2, -0.15) is 0 Å². The van der Waals surface area contributed by atoms with E-state index in [4.69, 9.17) is 9.47 Å². The zero-order valence-electron chi connectivity index (χ0n) is 15.3. The maximum Gasteiger partial charge on any atom is 0.313 e. The minimum Gasteiger partial charge on any atom is -0.482 e. The lowest BCUT2D eigenvalue weighted by atomic mass is 9.80. The number of methoxy groups -OCH3 is 1. The number of nitrogens with zero attached hydrogens (tertiary/aromatic N) is 2. The number of hydrogen-bond acceptors (Lipinski definition) is 5. The Morgan fingerprint density at radius 1 is 1.33 bits per heavy atom. The molecule has 2 aliphatic heterocycles. The second kappa shape index (κ2) is 7.96. The Labute approximate surface area is 157 Å². The van der Waals surface area contributed by atoms with Crippen LogP contribution in [0.4, 0.5) is 5.69 Å². The zero-order valence-corrected chi connectivity index (χ0v) is 15.3. The molecule has 8 heteroatoms. The number of piperidine rings is 1. The van der Waals surface area contributed by atoms with Crippen molar-refractivity contribution in [3.8, 4) is 5.75 Å². The molecule has 2 heterocycles. The predicted molar refractivity (Wildman–Crippen MR) is 96.7 cm³/mol. The monoisotopic (exact) mass is 376 g/mol. The molecule has 1 unspecified atom stereocenters. The highest BCUT2D eigenvalue weighted by atomic mass is 16.5. The first-order valence-electron chi connectivity index (χ1n) is 8.99. The fourth-order valence-corrected chi connectivity index (χ4v) is 3.74. The third kappa shape index (κ3) is 3.90. The van der Waals surface area contributed by atoms with Crippen molar-refractivity contribution in [2.24, 2.45) is 5.41 Å². The van der Waals surface area contributed by atoms with Gasteiger partial charge in [0.2, 0.25) is 5.91 Å². The van der Waals surface area contributed by atoms with E-state index in [1.807, 2.05) is 12.1 Å². The summed E-state index contributed by atoms with van der Waals surface area (Å²) >= 11 is 0. The Kier molecular flexibility index (Phi) is 5.65. The highest BCUT2D eigenvalue weighted by Gasteiger charge is 2.43. The van der Waals surface area contributed by atoms with Gasteiger partial charge in [0.25, 0.3) is 5.91 Å². The molecular weight excluding hydrogens is 352 g/mol. The van der Waals surface area contributed by atoms with Crippen LogP contribution >= 0.6 is 0 Å². The number of anilines is 1. The van der Waals surface area contributed by atoms with Crippen molar-refractivity contribution in [2.75, 3.05) is 44.9 Å². The summed E-state index contributed by atoms with van der Waals surface area (Å²) in [5.74, 6) is -0.681. The molecule has 2 aliphatic rings. The molecule has 1 atom stereocenters. The van der Waals surface area contributed by atoms with E-state index in [0.717, 1.165) is 0 Å². The van der Waals surface area contributed by atoms with Crippen LogP contribution in [0.1, 0.15) is 19.3 Å². The Hall–Kier alpha value is -2.61. The third-order valence-corrected chi connectivity index (χ3v) is 5.16. The van der Waals surface area contributed by atoms with E-state index >= 15 is 0 Å². The number of carbonyl (C=O) groups is 3. The second-order valence-corrected chi connectivity index (χ2v) is 6.99. The van der Waals surface area contributed by atoms with E-state index in [-0.39, 0.29) is 44.5 Å². The molecule has 1 N–H and O–H groups in total. The molecule has 0 bridgehead atoms. The van der Waals surface area contributed by atoms with Gasteiger partial charge in [0.05, 0.1) is 12.3 Å². The summed E-state index contributed by atoms with van der Waals surface area (Å²) in [6, 6.07) is 7.21. The minimum atomic E-state index is -1.07. The van der Waals surface area contributed by atoms with Crippen LogP contribution in [-0.2, 0) is 19.1 Å². The fraction of sp³-hybridized carbons (Fsp3) is 0.526. The zero-order chi connectivity index (χ0) is 19.4. The van der Waals surface area contributed by atoms with Crippen molar-refractivity contribution in [2.45, 2.75) is 19.3 Å². The summed E-state index contributed by atoms with van der Waals surface area (Å²) in [4.78, 5) is 39.8. The molecule has 0 saturated carbocycles. The number of carboxylic acid groups (broad SMARTS) is 1. The molecule has 1 saturated heterocycles. The molecule has 27 heavy (non-hydrogen) atoms. The standard InChI is InChI=1S/C19H24N2O6/c1-26-13-19(18(24)25)8-4-9-20(12-19)16(22)7-10-21-14-5-2-3-6-15(14)27-11-17(21)23/h2-3,5-6H,4,7-13H2,1H3,(H,24,25). The van der Waals surface area contributed by atoms with E-state index < -0.39 is 11.4 Å². The van der Waals surface area contributed by atoms with Crippen LogP contribution in [0.3, 0.4) is 0 Å². The van der Waals surface area contributed by atoms with E-state index in [1.54, 1.807) is 21.9 Å². The summed E-state index contributed by atoms with van der Waals surface area (Å²) in [5.41, 5.74) is -0.413. The van der Waals surface area contributed by atoms with Crippen molar-refractivity contribution in [1.29, 1.82) is 0 Å². The van der Waals surface area contributed by atoms with Crippen LogP contribution in [-0.4, -0.2) is 67.7 Å². The summed E-state index contributed by atoms with van der Waals surface area (Å²) in [7, 11) is 1.47. The highest BCUT2D eigenvalue weighted by Crippen LogP contribution is 2.33. The number of likely N-dealkylation sites (tertiary alicyclic amines) is 1. The number of ether oxygens (including phenoxy) is 2. The van der Waals surface area contributed by atoms with Crippen molar-refractivity contribution in [1.82, 2.24) is 4.90 Å². The smallest absolute Gasteiger partial charge is 0.313 e. The maximum atomic E-state index is 12.7. The number of fused-ring (bicyclic) bond motifs is 1. The Bertz CT molecular complexity index is 733. The SMILES string of the molecule is COCC1(C(=O)O)CCCN(C(=O)CCN2C(=O)COc3ccccc32)C1. The van der Waals surface area contributed by atoms with E-state index in [1.165, 1.54) is 7.11 Å². The molecule has 146 valence electrons. The lowest BCUT2D eigenvalue weighted by Gasteiger charge is -2.39. The van der Waals surface area contributed by atoms with Crippen molar-refractivity contribution >= 4 is 23.5 Å². The number of amides is 2. The number of benzene rings is 1. The molecule has 0 aliphatic carbocycles. The third-order valence-electron chi connectivity index (χ3n) is 5.16. The average Bonchev–Trinajstić information content (AvgIpc) is 2.67. The van der Waals surface area contributed by atoms with Gasteiger partial charge in [-0.1, -0.05) is 12.1 Å². The minimum absolute atomic E-state index is 0.0507. The summed E-state index contributed by atoms with van der Waals surface area (Å²) in [6.07, 6.45) is 1.22. The lowest BCUT2D eigenvalue weighted by Crippen LogP contribution is -2.52. The molecule has 3 rings (SSSR count). The highest BCUT2D eigenvalue weighted by molar-refractivity contribution is 5.98. The maximum absolute atomic E-state index is 12.7. The van der Waals surface area contributed by atoms with Gasteiger partial charge in [0, 0.05) is 33.2 Å². The molecule has 0 radical (unpaired) electrons. The first kappa shape index (κ1) is 19.2. The molecule has 1 fully saturated rings. The molecular formula is C19H24N2O6. The van der Waals surface area contributed by atoms with Gasteiger partial charge in [-0.25, -0.2) is 0 Å². The van der Waals surface area contributed by atoms with Crippen LogP contribution in [0.25, 0.3) is 0 Å². The number of hydrogen-bond donors (Lipinski definition) is 1. The Morgan fingerprint density at radius 2 is 2.11 bits per heavy atom. The van der Waals surface area contributed by atoms with Gasteiger partial charge < -0.3 is 24.4 Å². The number of para-hydroxylation sites is 2. The molecule has 1 aromatic carbocycles. The van der Waals surface area contributed by atoms with Gasteiger partial charge in [-0.05, 0) is 25.0 Å². The summed E-state index contributed by atoms with van der Waals surface area (Å²) in [6.45, 7) is 0.902. The van der Waals surface area contributed by atoms with Crippen LogP contribution in [0.2, 0.25) is 0 Å². The van der Waals surface area contributed by atoms with E-state index in [0.29, 0.717) is 30.8 Å². The molecule has 0 aromatic heterocycles. The first-order chi connectivity index (χ1) is 13.0. The van der Waals surface area contributed by atoms with E-state index in [2.05, 4.69) is 0 Å². The van der Waals surface area contributed by atoms with Crippen molar-refractivity contribution < 1.29 is 29.0 Å². The fourth-order valence-electron chi connectivity index (χ4n) is 3.74. The number of aliphatic carboxylic acids is 1. The van der Waals surface area contributed by atoms with Gasteiger partial charge in [0.1, 0.15) is 11.2 Å². The molecule has 8 nitrogen and oxygen atoms in total. The topological polar surface area (TPSA) is 96.4 Å². The number of carbonyl (C=O) groups excluding carboxylic acids is 2. The van der Waals surface area contributed by atoms with Crippen LogP contribution in [0.15, 0.2) is 24.3 Å². The normalized spacial score (nSPS) is 22.2. The lowest BCUT2D eigenvalue weighted by molar-refractivity contribution is -0.159. The number of carboxylic acids is 1. The van der Waals surface area contributed by atoms with Gasteiger partial charge in [-0.15, -0.1) is 0 Å². The van der Waals surface area contributed by atoms with E-state index in [9.17, 15) is 19.5 Å².